The first-order chi connectivity index (χ1) is 17.9. The summed E-state index contributed by atoms with van der Waals surface area (Å²) in [6.07, 6.45) is 15.5. The molecule has 0 amide bonds. The molecule has 0 aliphatic carbocycles. The number of benzene rings is 1. The van der Waals surface area contributed by atoms with Crippen molar-refractivity contribution in [1.29, 1.82) is 0 Å². The number of hydrogen-bond donors (Lipinski definition) is 6. The molecule has 0 saturated heterocycles. The van der Waals surface area contributed by atoms with Crippen molar-refractivity contribution in [3.8, 4) is 0 Å². The molecule has 0 aliphatic rings. The average molecular weight is 509 g/mol. The summed E-state index contributed by atoms with van der Waals surface area (Å²) in [5.41, 5.74) is 19.2. The van der Waals surface area contributed by atoms with Crippen LogP contribution in [0.25, 0.3) is 6.08 Å². The molecule has 9 N–H and O–H groups in total. The van der Waals surface area contributed by atoms with E-state index >= 15 is 0 Å². The number of allylic oxidation sites excluding steroid dienone is 1. The van der Waals surface area contributed by atoms with Crippen molar-refractivity contribution in [2.45, 2.75) is 70.4 Å². The highest BCUT2D eigenvalue weighted by Crippen LogP contribution is 2.24. The Bertz CT molecular complexity index is 981. The molecule has 1 heterocycles. The summed E-state index contributed by atoms with van der Waals surface area (Å²) in [7, 11) is 0. The Morgan fingerprint density at radius 1 is 1.05 bits per heavy atom. The van der Waals surface area contributed by atoms with Gasteiger partial charge in [0.15, 0.2) is 5.96 Å². The quantitative estimate of drug-likeness (QED) is 0.0958. The number of carboxylic acid groups (broad SMARTS) is 1. The van der Waals surface area contributed by atoms with Crippen molar-refractivity contribution in [1.82, 2.24) is 4.98 Å². The summed E-state index contributed by atoms with van der Waals surface area (Å²) in [5, 5.41) is 12.9. The molecule has 8 heteroatoms. The van der Waals surface area contributed by atoms with E-state index in [2.05, 4.69) is 46.5 Å². The van der Waals surface area contributed by atoms with E-state index in [0.717, 1.165) is 49.9 Å². The van der Waals surface area contributed by atoms with E-state index in [0.29, 0.717) is 17.9 Å². The summed E-state index contributed by atoms with van der Waals surface area (Å²) >= 11 is 0. The topological polar surface area (TPSA) is 156 Å². The minimum Gasteiger partial charge on any atom is -0.478 e. The van der Waals surface area contributed by atoms with Crippen LogP contribution in [0.1, 0.15) is 63.9 Å². The van der Waals surface area contributed by atoms with Gasteiger partial charge >= 0.3 is 5.97 Å². The Hall–Kier alpha value is -3.52. The standard InChI is InChI=1S/C29H44N6O2/c1-2-3-12-25(30)13-7-11-23(16-15-22-9-5-4-6-10-22)17-18-26(35-27-14-8-19-33-27)24(20-28(36)37)21-34-29(31)32/h4-6,8-10,14-16,19-20,23,25-26,33,35H,2-3,7,11-13,17-18,21,30H2,1H3,(H,36,37)(H4,31,32,34). The fraction of sp³-hybridized carbons (Fsp3) is 0.448. The normalized spacial score (nSPS) is 14.3. The zero-order chi connectivity index (χ0) is 26.9. The third-order valence-corrected chi connectivity index (χ3v) is 6.39. The molecule has 3 atom stereocenters. The average Bonchev–Trinajstić information content (AvgIpc) is 3.39. The molecule has 202 valence electrons. The van der Waals surface area contributed by atoms with Gasteiger partial charge in [-0.3, -0.25) is 0 Å². The van der Waals surface area contributed by atoms with E-state index in [1.807, 2.05) is 36.5 Å². The largest absolute Gasteiger partial charge is 0.478 e. The maximum atomic E-state index is 11.6. The van der Waals surface area contributed by atoms with Crippen molar-refractivity contribution in [3.05, 3.63) is 72.0 Å². The lowest BCUT2D eigenvalue weighted by Crippen LogP contribution is -2.28. The first-order valence-electron chi connectivity index (χ1n) is 13.2. The maximum absolute atomic E-state index is 11.6. The smallest absolute Gasteiger partial charge is 0.328 e. The fourth-order valence-electron chi connectivity index (χ4n) is 4.34. The highest BCUT2D eigenvalue weighted by Gasteiger charge is 2.19. The zero-order valence-corrected chi connectivity index (χ0v) is 22.0. The Labute approximate surface area is 221 Å². The Morgan fingerprint density at radius 2 is 1.81 bits per heavy atom. The number of unbranched alkanes of at least 4 members (excludes halogenated alkanes) is 1. The number of nitrogens with two attached hydrogens (primary N) is 3. The van der Waals surface area contributed by atoms with Gasteiger partial charge in [-0.05, 0) is 61.3 Å². The van der Waals surface area contributed by atoms with Gasteiger partial charge in [0.2, 0.25) is 0 Å². The van der Waals surface area contributed by atoms with E-state index in [1.165, 1.54) is 12.5 Å². The second kappa shape index (κ2) is 17.0. The molecule has 0 saturated carbocycles. The van der Waals surface area contributed by atoms with Crippen LogP contribution in [0.2, 0.25) is 0 Å². The molecule has 0 spiro atoms. The van der Waals surface area contributed by atoms with Crippen LogP contribution in [0.3, 0.4) is 0 Å². The van der Waals surface area contributed by atoms with Gasteiger partial charge in [-0.25, -0.2) is 9.79 Å². The van der Waals surface area contributed by atoms with Crippen molar-refractivity contribution in [2.24, 2.45) is 28.1 Å². The zero-order valence-electron chi connectivity index (χ0n) is 22.0. The molecule has 2 aromatic rings. The molecule has 0 radical (unpaired) electrons. The van der Waals surface area contributed by atoms with Gasteiger partial charge in [0.25, 0.3) is 0 Å². The third-order valence-electron chi connectivity index (χ3n) is 6.39. The monoisotopic (exact) mass is 508 g/mol. The van der Waals surface area contributed by atoms with Crippen molar-refractivity contribution >= 4 is 23.8 Å². The lowest BCUT2D eigenvalue weighted by Gasteiger charge is -2.24. The van der Waals surface area contributed by atoms with Crippen molar-refractivity contribution in [2.75, 3.05) is 11.9 Å². The van der Waals surface area contributed by atoms with E-state index < -0.39 is 5.97 Å². The van der Waals surface area contributed by atoms with Crippen LogP contribution < -0.4 is 22.5 Å². The van der Waals surface area contributed by atoms with Gasteiger partial charge in [-0.1, -0.05) is 68.7 Å². The minimum absolute atomic E-state index is 0.0713. The molecule has 0 bridgehead atoms. The lowest BCUT2D eigenvalue weighted by molar-refractivity contribution is -0.131. The molecule has 0 fully saturated rings. The van der Waals surface area contributed by atoms with Crippen LogP contribution in [0.5, 0.6) is 0 Å². The summed E-state index contributed by atoms with van der Waals surface area (Å²) in [6, 6.07) is 14.0. The number of guanidine groups is 1. The number of rotatable bonds is 18. The number of nitrogens with one attached hydrogen (secondary N) is 2. The molecule has 2 rings (SSSR count). The van der Waals surface area contributed by atoms with Gasteiger partial charge in [0, 0.05) is 18.3 Å². The third kappa shape index (κ3) is 12.8. The van der Waals surface area contributed by atoms with Gasteiger partial charge in [-0.2, -0.15) is 0 Å². The molecule has 3 unspecified atom stereocenters. The van der Waals surface area contributed by atoms with E-state index in [-0.39, 0.29) is 24.6 Å². The molecular weight excluding hydrogens is 464 g/mol. The Balaban J connectivity index is 2.17. The van der Waals surface area contributed by atoms with Crippen molar-refractivity contribution in [3.63, 3.8) is 0 Å². The molecular formula is C29H44N6O2. The number of carboxylic acids is 1. The number of anilines is 1. The number of hydrogen-bond acceptors (Lipinski definition) is 4. The number of carbonyl (C=O) groups is 1. The first kappa shape index (κ1) is 29.7. The van der Waals surface area contributed by atoms with Crippen LogP contribution in [0, 0.1) is 5.92 Å². The van der Waals surface area contributed by atoms with Gasteiger partial charge < -0.3 is 32.6 Å². The van der Waals surface area contributed by atoms with Crippen LogP contribution in [-0.4, -0.2) is 40.6 Å². The molecule has 1 aromatic carbocycles. The van der Waals surface area contributed by atoms with Crippen LogP contribution >= 0.6 is 0 Å². The lowest BCUT2D eigenvalue weighted by atomic mass is 9.90. The van der Waals surface area contributed by atoms with Crippen LogP contribution in [-0.2, 0) is 4.79 Å². The number of aliphatic imine (C=N–C) groups is 1. The Kier molecular flexibility index (Phi) is 13.7. The Morgan fingerprint density at radius 3 is 2.46 bits per heavy atom. The summed E-state index contributed by atoms with van der Waals surface area (Å²) < 4.78 is 0. The maximum Gasteiger partial charge on any atom is 0.328 e. The molecule has 1 aromatic heterocycles. The SMILES string of the molecule is CCCCC(N)CCCC(C=Cc1ccccc1)CCC(Nc1ccc[nH]1)C(=CC(=O)O)CN=C(N)N. The summed E-state index contributed by atoms with van der Waals surface area (Å²) in [6.45, 7) is 2.30. The second-order valence-corrected chi connectivity index (χ2v) is 9.52. The number of aliphatic carboxylic acids is 1. The second-order valence-electron chi connectivity index (χ2n) is 9.52. The summed E-state index contributed by atoms with van der Waals surface area (Å²) in [4.78, 5) is 18.8. The first-order valence-corrected chi connectivity index (χ1v) is 13.2. The molecule has 0 aliphatic heterocycles. The number of H-pyrrole nitrogens is 1. The fourth-order valence-corrected chi connectivity index (χ4v) is 4.34. The predicted molar refractivity (Wildman–Crippen MR) is 154 cm³/mol. The number of nitrogens with zero attached hydrogens (tertiary/aromatic N) is 1. The highest BCUT2D eigenvalue weighted by molar-refractivity contribution is 5.81. The van der Waals surface area contributed by atoms with Gasteiger partial charge in [0.1, 0.15) is 5.82 Å². The number of aromatic nitrogens is 1. The van der Waals surface area contributed by atoms with Crippen LogP contribution in [0.4, 0.5) is 5.82 Å². The van der Waals surface area contributed by atoms with Gasteiger partial charge in [0.05, 0.1) is 12.6 Å². The van der Waals surface area contributed by atoms with E-state index in [4.69, 9.17) is 17.2 Å². The molecule has 37 heavy (non-hydrogen) atoms. The van der Waals surface area contributed by atoms with Crippen molar-refractivity contribution < 1.29 is 9.90 Å². The number of aromatic amines is 1. The highest BCUT2D eigenvalue weighted by atomic mass is 16.4. The van der Waals surface area contributed by atoms with E-state index in [1.54, 1.807) is 0 Å². The summed E-state index contributed by atoms with van der Waals surface area (Å²) in [5.74, 6) is 0.0311. The predicted octanol–water partition coefficient (Wildman–Crippen LogP) is 4.88. The molecule has 8 nitrogen and oxygen atoms in total. The van der Waals surface area contributed by atoms with E-state index in [9.17, 15) is 9.90 Å². The van der Waals surface area contributed by atoms with Crippen LogP contribution in [0.15, 0.2) is 71.4 Å². The van der Waals surface area contributed by atoms with Gasteiger partial charge in [-0.15, -0.1) is 0 Å². The minimum atomic E-state index is -1.03.